The van der Waals surface area contributed by atoms with Gasteiger partial charge in [-0.25, -0.2) is 9.48 Å². The zero-order valence-corrected chi connectivity index (χ0v) is 12.2. The number of halogens is 1. The lowest BCUT2D eigenvalue weighted by molar-refractivity contribution is -0.131. The largest absolute Gasteiger partial charge is 0.478 e. The summed E-state index contributed by atoms with van der Waals surface area (Å²) in [5.41, 5.74) is 3.66. The zero-order valence-electron chi connectivity index (χ0n) is 10.6. The molecule has 0 bridgehead atoms. The molecule has 5 heteroatoms. The van der Waals surface area contributed by atoms with E-state index in [4.69, 9.17) is 5.11 Å². The summed E-state index contributed by atoms with van der Waals surface area (Å²) in [7, 11) is 0. The molecule has 1 N–H and O–H groups in total. The molecule has 98 valence electrons. The van der Waals surface area contributed by atoms with E-state index in [0.29, 0.717) is 0 Å². The van der Waals surface area contributed by atoms with Crippen LogP contribution in [-0.2, 0) is 4.79 Å². The molecule has 1 aromatic carbocycles. The molecule has 4 nitrogen and oxygen atoms in total. The summed E-state index contributed by atoms with van der Waals surface area (Å²) < 4.78 is 2.82. The summed E-state index contributed by atoms with van der Waals surface area (Å²) in [6.45, 7) is 3.91. The maximum absolute atomic E-state index is 10.5. The average molecular weight is 321 g/mol. The highest BCUT2D eigenvalue weighted by Crippen LogP contribution is 2.23. The highest BCUT2D eigenvalue weighted by atomic mass is 79.9. The molecule has 0 aliphatic carbocycles. The minimum Gasteiger partial charge on any atom is -0.478 e. The van der Waals surface area contributed by atoms with Gasteiger partial charge in [0.2, 0.25) is 0 Å². The second kappa shape index (κ2) is 5.40. The summed E-state index contributed by atoms with van der Waals surface area (Å²) in [5.74, 6) is -0.959. The van der Waals surface area contributed by atoms with Crippen LogP contribution in [-0.4, -0.2) is 20.9 Å². The Morgan fingerprint density at radius 1 is 1.42 bits per heavy atom. The molecule has 19 heavy (non-hydrogen) atoms. The Bertz CT molecular complexity index is 659. The van der Waals surface area contributed by atoms with Gasteiger partial charge in [0.15, 0.2) is 0 Å². The molecule has 0 aliphatic heterocycles. The maximum atomic E-state index is 10.5. The minimum atomic E-state index is -0.959. The molecule has 1 aromatic heterocycles. The molecule has 0 amide bonds. The predicted octanol–water partition coefficient (Wildman–Crippen LogP) is 3.35. The highest BCUT2D eigenvalue weighted by molar-refractivity contribution is 9.10. The lowest BCUT2D eigenvalue weighted by Gasteiger charge is -2.05. The quantitative estimate of drug-likeness (QED) is 0.882. The fourth-order valence-corrected chi connectivity index (χ4v) is 2.05. The third kappa shape index (κ3) is 2.93. The van der Waals surface area contributed by atoms with E-state index in [1.807, 2.05) is 42.8 Å². The van der Waals surface area contributed by atoms with Gasteiger partial charge in [0, 0.05) is 6.08 Å². The molecular formula is C14H13BrN2O2. The van der Waals surface area contributed by atoms with Gasteiger partial charge in [0.05, 0.1) is 21.5 Å². The van der Waals surface area contributed by atoms with E-state index >= 15 is 0 Å². The van der Waals surface area contributed by atoms with Gasteiger partial charge in [-0.15, -0.1) is 0 Å². The standard InChI is InChI=1S/C14H13BrN2O2/c1-9-14(15)10(2)17(16-9)12-5-3-4-11(8-12)6-7-13(18)19/h3-8H,1-2H3,(H,18,19). The molecule has 0 aliphatic rings. The van der Waals surface area contributed by atoms with Crippen molar-refractivity contribution >= 4 is 28.0 Å². The van der Waals surface area contributed by atoms with Crippen molar-refractivity contribution < 1.29 is 9.90 Å². The van der Waals surface area contributed by atoms with E-state index in [0.717, 1.165) is 33.2 Å². The number of benzene rings is 1. The monoisotopic (exact) mass is 320 g/mol. The van der Waals surface area contributed by atoms with Gasteiger partial charge < -0.3 is 5.11 Å². The van der Waals surface area contributed by atoms with Gasteiger partial charge >= 0.3 is 5.97 Å². The Labute approximate surface area is 119 Å². The second-order valence-electron chi connectivity index (χ2n) is 4.16. The van der Waals surface area contributed by atoms with E-state index in [2.05, 4.69) is 21.0 Å². The van der Waals surface area contributed by atoms with Crippen LogP contribution in [0.4, 0.5) is 0 Å². The first-order valence-corrected chi connectivity index (χ1v) is 6.51. The predicted molar refractivity (Wildman–Crippen MR) is 77.4 cm³/mol. The number of carbonyl (C=O) groups is 1. The van der Waals surface area contributed by atoms with Gasteiger partial charge in [-0.2, -0.15) is 5.10 Å². The van der Waals surface area contributed by atoms with Crippen LogP contribution in [0.5, 0.6) is 0 Å². The van der Waals surface area contributed by atoms with Crippen LogP contribution < -0.4 is 0 Å². The normalized spacial score (nSPS) is 11.1. The van der Waals surface area contributed by atoms with Crippen molar-refractivity contribution in [3.8, 4) is 5.69 Å². The van der Waals surface area contributed by atoms with Gasteiger partial charge in [0.25, 0.3) is 0 Å². The third-order valence-electron chi connectivity index (χ3n) is 2.74. The van der Waals surface area contributed by atoms with Gasteiger partial charge in [0.1, 0.15) is 0 Å². The van der Waals surface area contributed by atoms with Gasteiger partial charge in [-0.3, -0.25) is 0 Å². The molecule has 0 fully saturated rings. The number of aliphatic carboxylic acids is 1. The molecule has 0 spiro atoms. The van der Waals surface area contributed by atoms with Crippen LogP contribution >= 0.6 is 15.9 Å². The van der Waals surface area contributed by atoms with Crippen LogP contribution in [0.15, 0.2) is 34.8 Å². The summed E-state index contributed by atoms with van der Waals surface area (Å²) in [4.78, 5) is 10.5. The van der Waals surface area contributed by atoms with E-state index in [1.165, 1.54) is 0 Å². The SMILES string of the molecule is Cc1nn(-c2cccc(C=CC(=O)O)c2)c(C)c1Br. The van der Waals surface area contributed by atoms with Crippen LogP contribution in [0.1, 0.15) is 17.0 Å². The van der Waals surface area contributed by atoms with Crippen molar-refractivity contribution in [3.05, 3.63) is 51.8 Å². The van der Waals surface area contributed by atoms with Crippen molar-refractivity contribution in [2.24, 2.45) is 0 Å². The fraction of sp³-hybridized carbons (Fsp3) is 0.143. The summed E-state index contributed by atoms with van der Waals surface area (Å²) >= 11 is 3.49. The fourth-order valence-electron chi connectivity index (χ4n) is 1.80. The number of hydrogen-bond donors (Lipinski definition) is 1. The van der Waals surface area contributed by atoms with Crippen molar-refractivity contribution in [1.82, 2.24) is 9.78 Å². The van der Waals surface area contributed by atoms with E-state index in [1.54, 1.807) is 6.08 Å². The first-order chi connectivity index (χ1) is 8.99. The lowest BCUT2D eigenvalue weighted by atomic mass is 10.2. The first kappa shape index (κ1) is 13.5. The third-order valence-corrected chi connectivity index (χ3v) is 3.88. The van der Waals surface area contributed by atoms with Crippen molar-refractivity contribution in [2.75, 3.05) is 0 Å². The number of carboxylic acids is 1. The number of nitrogens with zero attached hydrogens (tertiary/aromatic N) is 2. The van der Waals surface area contributed by atoms with E-state index in [-0.39, 0.29) is 0 Å². The number of rotatable bonds is 3. The Morgan fingerprint density at radius 3 is 2.74 bits per heavy atom. The highest BCUT2D eigenvalue weighted by Gasteiger charge is 2.10. The van der Waals surface area contributed by atoms with Crippen LogP contribution in [0, 0.1) is 13.8 Å². The molecule has 1 heterocycles. The molecule has 0 unspecified atom stereocenters. The van der Waals surface area contributed by atoms with Crippen LogP contribution in [0.2, 0.25) is 0 Å². The van der Waals surface area contributed by atoms with Crippen LogP contribution in [0.25, 0.3) is 11.8 Å². The molecule has 0 radical (unpaired) electrons. The summed E-state index contributed by atoms with van der Waals surface area (Å²) in [5, 5.41) is 13.1. The molecule has 2 aromatic rings. The number of carboxylic acid groups (broad SMARTS) is 1. The van der Waals surface area contributed by atoms with Gasteiger partial charge in [-0.05, 0) is 53.5 Å². The lowest BCUT2D eigenvalue weighted by Crippen LogP contribution is -1.99. The minimum absolute atomic E-state index is 0.823. The molecule has 0 atom stereocenters. The summed E-state index contributed by atoms with van der Waals surface area (Å²) in [6, 6.07) is 7.56. The maximum Gasteiger partial charge on any atom is 0.328 e. The summed E-state index contributed by atoms with van der Waals surface area (Å²) in [6.07, 6.45) is 2.68. The van der Waals surface area contributed by atoms with Crippen molar-refractivity contribution in [3.63, 3.8) is 0 Å². The van der Waals surface area contributed by atoms with Crippen molar-refractivity contribution in [1.29, 1.82) is 0 Å². The smallest absolute Gasteiger partial charge is 0.328 e. The number of hydrogen-bond acceptors (Lipinski definition) is 2. The zero-order chi connectivity index (χ0) is 14.0. The Hall–Kier alpha value is -1.88. The second-order valence-corrected chi connectivity index (χ2v) is 4.96. The topological polar surface area (TPSA) is 55.1 Å². The molecule has 0 saturated carbocycles. The van der Waals surface area contributed by atoms with Crippen LogP contribution in [0.3, 0.4) is 0 Å². The van der Waals surface area contributed by atoms with E-state index in [9.17, 15) is 4.79 Å². The Kier molecular flexibility index (Phi) is 3.85. The van der Waals surface area contributed by atoms with Gasteiger partial charge in [-0.1, -0.05) is 12.1 Å². The number of aromatic nitrogens is 2. The van der Waals surface area contributed by atoms with Crippen molar-refractivity contribution in [2.45, 2.75) is 13.8 Å². The molecule has 0 saturated heterocycles. The Balaban J connectivity index is 2.43. The Morgan fingerprint density at radius 2 is 2.16 bits per heavy atom. The average Bonchev–Trinajstić information content (AvgIpc) is 2.64. The number of aryl methyl sites for hydroxylation is 1. The molecule has 2 rings (SSSR count). The molecular weight excluding hydrogens is 308 g/mol. The first-order valence-electron chi connectivity index (χ1n) is 5.72. The van der Waals surface area contributed by atoms with E-state index < -0.39 is 5.97 Å².